The molecule has 1 fully saturated rings. The van der Waals surface area contributed by atoms with Gasteiger partial charge in [-0.2, -0.15) is 0 Å². The van der Waals surface area contributed by atoms with Gasteiger partial charge in [0.2, 0.25) is 0 Å². The van der Waals surface area contributed by atoms with Crippen LogP contribution in [0.4, 0.5) is 4.39 Å². The van der Waals surface area contributed by atoms with E-state index in [1.807, 2.05) is 7.05 Å². The van der Waals surface area contributed by atoms with Crippen LogP contribution < -0.4 is 0 Å². The molecule has 0 radical (unpaired) electrons. The van der Waals surface area contributed by atoms with E-state index in [4.69, 9.17) is 11.6 Å². The first-order valence-corrected chi connectivity index (χ1v) is 6.79. The summed E-state index contributed by atoms with van der Waals surface area (Å²) in [6.45, 7) is 2.77. The zero-order valence-electron chi connectivity index (χ0n) is 9.92. The highest BCUT2D eigenvalue weighted by molar-refractivity contribution is 9.10. The van der Waals surface area contributed by atoms with Crippen LogP contribution in [0.3, 0.4) is 0 Å². The molecule has 0 aliphatic carbocycles. The number of nitrogens with zero attached hydrogens (tertiary/aromatic N) is 2. The third-order valence-corrected chi connectivity index (χ3v) is 4.33. The number of piperazine rings is 1. The van der Waals surface area contributed by atoms with Gasteiger partial charge in [0.05, 0.1) is 10.6 Å². The third-order valence-electron chi connectivity index (χ3n) is 3.05. The number of amides is 1. The van der Waals surface area contributed by atoms with Crippen LogP contribution >= 0.6 is 27.5 Å². The fourth-order valence-corrected chi connectivity index (χ4v) is 2.46. The first-order chi connectivity index (χ1) is 8.50. The summed E-state index contributed by atoms with van der Waals surface area (Å²) in [7, 11) is 1.99. The molecule has 1 aliphatic heterocycles. The van der Waals surface area contributed by atoms with Gasteiger partial charge in [-0.25, -0.2) is 4.39 Å². The monoisotopic (exact) mass is 334 g/mol. The van der Waals surface area contributed by atoms with E-state index in [1.54, 1.807) is 4.90 Å². The molecule has 1 saturated heterocycles. The Hall–Kier alpha value is -0.650. The summed E-state index contributed by atoms with van der Waals surface area (Å²) in [5.74, 6) is -0.918. The van der Waals surface area contributed by atoms with Gasteiger partial charge in [-0.3, -0.25) is 4.79 Å². The molecular weight excluding hydrogens is 322 g/mol. The van der Waals surface area contributed by atoms with Crippen molar-refractivity contribution in [3.63, 3.8) is 0 Å². The zero-order chi connectivity index (χ0) is 13.3. The van der Waals surface area contributed by atoms with Crippen molar-refractivity contribution < 1.29 is 9.18 Å². The van der Waals surface area contributed by atoms with Crippen molar-refractivity contribution in [3.05, 3.63) is 33.0 Å². The molecular formula is C12H13BrClFN2O. The Kier molecular flexibility index (Phi) is 4.25. The predicted octanol–water partition coefficient (Wildman–Crippen LogP) is 2.63. The molecule has 0 aromatic heterocycles. The first kappa shape index (κ1) is 13.8. The van der Waals surface area contributed by atoms with Gasteiger partial charge in [-0.1, -0.05) is 11.6 Å². The number of hydrogen-bond acceptors (Lipinski definition) is 2. The highest BCUT2D eigenvalue weighted by atomic mass is 79.9. The van der Waals surface area contributed by atoms with Crippen LogP contribution in [0.15, 0.2) is 16.6 Å². The van der Waals surface area contributed by atoms with Gasteiger partial charge >= 0.3 is 0 Å². The molecule has 18 heavy (non-hydrogen) atoms. The summed E-state index contributed by atoms with van der Waals surface area (Å²) < 4.78 is 14.3. The summed E-state index contributed by atoms with van der Waals surface area (Å²) in [5.41, 5.74) is -0.0457. The number of hydrogen-bond donors (Lipinski definition) is 0. The molecule has 6 heteroatoms. The number of likely N-dealkylation sites (N-methyl/N-ethyl adjacent to an activating group) is 1. The molecule has 1 aliphatic rings. The van der Waals surface area contributed by atoms with Gasteiger partial charge < -0.3 is 9.80 Å². The van der Waals surface area contributed by atoms with Crippen LogP contribution in [0.2, 0.25) is 5.02 Å². The first-order valence-electron chi connectivity index (χ1n) is 5.62. The lowest BCUT2D eigenvalue weighted by Gasteiger charge is -2.32. The maximum atomic E-state index is 13.7. The average molecular weight is 336 g/mol. The summed E-state index contributed by atoms with van der Waals surface area (Å²) in [6, 6.07) is 2.75. The summed E-state index contributed by atoms with van der Waals surface area (Å²) in [6.07, 6.45) is 0. The van der Waals surface area contributed by atoms with Crippen LogP contribution in [0.5, 0.6) is 0 Å². The largest absolute Gasteiger partial charge is 0.336 e. The summed E-state index contributed by atoms with van der Waals surface area (Å²) >= 11 is 9.20. The molecule has 0 bridgehead atoms. The molecule has 3 nitrogen and oxygen atoms in total. The molecule has 0 spiro atoms. The molecule has 1 aromatic rings. The number of carbonyl (C=O) groups is 1. The minimum Gasteiger partial charge on any atom is -0.336 e. The molecule has 1 amide bonds. The molecule has 1 heterocycles. The van der Waals surface area contributed by atoms with Gasteiger partial charge in [-0.05, 0) is 35.1 Å². The maximum absolute atomic E-state index is 13.7. The van der Waals surface area contributed by atoms with Crippen molar-refractivity contribution in [2.24, 2.45) is 0 Å². The Morgan fingerprint density at radius 3 is 2.56 bits per heavy atom. The number of rotatable bonds is 1. The van der Waals surface area contributed by atoms with E-state index in [2.05, 4.69) is 20.8 Å². The smallest absolute Gasteiger partial charge is 0.258 e. The highest BCUT2D eigenvalue weighted by Crippen LogP contribution is 2.29. The Balaban J connectivity index is 2.26. The van der Waals surface area contributed by atoms with Crippen LogP contribution in [0, 0.1) is 5.82 Å². The van der Waals surface area contributed by atoms with Crippen molar-refractivity contribution in [2.45, 2.75) is 0 Å². The van der Waals surface area contributed by atoms with E-state index in [0.29, 0.717) is 17.6 Å². The minimum atomic E-state index is -0.577. The van der Waals surface area contributed by atoms with Gasteiger partial charge in [0.15, 0.2) is 0 Å². The number of halogens is 3. The zero-order valence-corrected chi connectivity index (χ0v) is 12.3. The van der Waals surface area contributed by atoms with E-state index in [-0.39, 0.29) is 16.5 Å². The van der Waals surface area contributed by atoms with E-state index in [1.165, 1.54) is 12.1 Å². The lowest BCUT2D eigenvalue weighted by Crippen LogP contribution is -2.47. The van der Waals surface area contributed by atoms with Gasteiger partial charge in [-0.15, -0.1) is 0 Å². The van der Waals surface area contributed by atoms with Crippen molar-refractivity contribution in [1.29, 1.82) is 0 Å². The van der Waals surface area contributed by atoms with E-state index in [0.717, 1.165) is 13.1 Å². The van der Waals surface area contributed by atoms with Crippen LogP contribution in [0.25, 0.3) is 0 Å². The summed E-state index contributed by atoms with van der Waals surface area (Å²) in [5, 5.41) is 0.138. The SMILES string of the molecule is CN1CCN(C(=O)c2c(F)ccc(Br)c2Cl)CC1. The fourth-order valence-electron chi connectivity index (χ4n) is 1.89. The van der Waals surface area contributed by atoms with Crippen LogP contribution in [0.1, 0.15) is 10.4 Å². The number of carbonyl (C=O) groups excluding carboxylic acids is 1. The maximum Gasteiger partial charge on any atom is 0.258 e. The normalized spacial score (nSPS) is 17.0. The van der Waals surface area contributed by atoms with E-state index >= 15 is 0 Å². The second kappa shape index (κ2) is 5.55. The van der Waals surface area contributed by atoms with E-state index in [9.17, 15) is 9.18 Å². The molecule has 1 aromatic carbocycles. The van der Waals surface area contributed by atoms with Crippen LogP contribution in [-0.2, 0) is 0 Å². The molecule has 0 atom stereocenters. The average Bonchev–Trinajstić information content (AvgIpc) is 2.35. The topological polar surface area (TPSA) is 23.6 Å². The van der Waals surface area contributed by atoms with Gasteiger partial charge in [0.25, 0.3) is 5.91 Å². The molecule has 0 N–H and O–H groups in total. The van der Waals surface area contributed by atoms with Gasteiger partial charge in [0, 0.05) is 30.7 Å². The molecule has 0 unspecified atom stereocenters. The van der Waals surface area contributed by atoms with E-state index < -0.39 is 5.82 Å². The Labute approximate surface area is 119 Å². The number of benzene rings is 1. The molecule has 0 saturated carbocycles. The second-order valence-corrected chi connectivity index (χ2v) is 5.55. The lowest BCUT2D eigenvalue weighted by molar-refractivity contribution is 0.0659. The minimum absolute atomic E-state index is 0.0457. The van der Waals surface area contributed by atoms with Gasteiger partial charge in [0.1, 0.15) is 5.82 Å². The Bertz CT molecular complexity index is 475. The lowest BCUT2D eigenvalue weighted by atomic mass is 10.1. The summed E-state index contributed by atoms with van der Waals surface area (Å²) in [4.78, 5) is 16.0. The second-order valence-electron chi connectivity index (χ2n) is 4.31. The van der Waals surface area contributed by atoms with Crippen molar-refractivity contribution in [2.75, 3.05) is 33.2 Å². The van der Waals surface area contributed by atoms with Crippen molar-refractivity contribution in [3.8, 4) is 0 Å². The Morgan fingerprint density at radius 2 is 1.94 bits per heavy atom. The van der Waals surface area contributed by atoms with Crippen molar-refractivity contribution in [1.82, 2.24) is 9.80 Å². The highest BCUT2D eigenvalue weighted by Gasteiger charge is 2.25. The fraction of sp³-hybridized carbons (Fsp3) is 0.417. The van der Waals surface area contributed by atoms with Crippen LogP contribution in [-0.4, -0.2) is 48.9 Å². The standard InChI is InChI=1S/C12H13BrClFN2O/c1-16-4-6-17(7-5-16)12(18)10-9(15)3-2-8(13)11(10)14/h2-3H,4-7H2,1H3. The quantitative estimate of drug-likeness (QED) is 0.737. The molecule has 98 valence electrons. The third kappa shape index (κ3) is 2.68. The van der Waals surface area contributed by atoms with Crippen molar-refractivity contribution >= 4 is 33.4 Å². The predicted molar refractivity (Wildman–Crippen MR) is 72.5 cm³/mol. The Morgan fingerprint density at radius 1 is 1.33 bits per heavy atom. The molecule has 2 rings (SSSR count).